The van der Waals surface area contributed by atoms with Crippen LogP contribution in [0.2, 0.25) is 5.02 Å². The molecule has 1 aliphatic rings. The third-order valence-corrected chi connectivity index (χ3v) is 5.61. The van der Waals surface area contributed by atoms with Gasteiger partial charge in [-0.2, -0.15) is 0 Å². The van der Waals surface area contributed by atoms with Gasteiger partial charge in [0, 0.05) is 23.3 Å². The lowest BCUT2D eigenvalue weighted by atomic mass is 9.86. The summed E-state index contributed by atoms with van der Waals surface area (Å²) in [6.07, 6.45) is 0.902. The Hall–Kier alpha value is -2.69. The molecule has 1 aliphatic heterocycles. The zero-order chi connectivity index (χ0) is 20.2. The van der Waals surface area contributed by atoms with Crippen LogP contribution < -0.4 is 20.1 Å². The van der Waals surface area contributed by atoms with E-state index in [1.54, 1.807) is 14.2 Å². The smallest absolute Gasteiger partial charge is 0.161 e. The zero-order valence-electron chi connectivity index (χ0n) is 16.6. The minimum Gasteiger partial charge on any atom is -0.493 e. The van der Waals surface area contributed by atoms with Crippen LogP contribution >= 0.6 is 11.6 Å². The zero-order valence-corrected chi connectivity index (χ0v) is 17.4. The molecular formula is C24H25ClN2O2. The molecule has 2 N–H and O–H groups in total. The highest BCUT2D eigenvalue weighted by Gasteiger charge is 2.29. The number of para-hydroxylation sites is 1. The van der Waals surface area contributed by atoms with Crippen LogP contribution in [-0.2, 0) is 6.42 Å². The first-order chi connectivity index (χ1) is 14.2. The maximum absolute atomic E-state index is 6.12. The summed E-state index contributed by atoms with van der Waals surface area (Å²) in [4.78, 5) is 0. The third-order valence-electron chi connectivity index (χ3n) is 5.35. The Balaban J connectivity index is 1.66. The molecule has 0 aliphatic carbocycles. The molecule has 5 heteroatoms. The largest absolute Gasteiger partial charge is 0.493 e. The van der Waals surface area contributed by atoms with Gasteiger partial charge >= 0.3 is 0 Å². The number of hydrogen-bond acceptors (Lipinski definition) is 4. The van der Waals surface area contributed by atoms with Crippen molar-refractivity contribution in [3.05, 3.63) is 88.4 Å². The lowest BCUT2D eigenvalue weighted by Gasteiger charge is -2.34. The van der Waals surface area contributed by atoms with Gasteiger partial charge in [0.15, 0.2) is 11.5 Å². The number of hydrogen-bond donors (Lipinski definition) is 2. The van der Waals surface area contributed by atoms with Crippen molar-refractivity contribution in [1.82, 2.24) is 5.32 Å². The second kappa shape index (κ2) is 8.76. The van der Waals surface area contributed by atoms with Crippen LogP contribution in [0.5, 0.6) is 11.5 Å². The standard InChI is InChI=1S/C24H25ClN2O2/c1-28-22-13-17-12-20(15-26-19-6-4-3-5-7-19)27-24(21(17)14-23(22)29-2)16-8-10-18(25)11-9-16/h3-11,13-14,20,24,26-27H,12,15H2,1-2H3/t20-,24-/m0/s1. The predicted octanol–water partition coefficient (Wildman–Crippen LogP) is 5.07. The van der Waals surface area contributed by atoms with Crippen molar-refractivity contribution in [3.8, 4) is 11.5 Å². The molecular weight excluding hydrogens is 384 g/mol. The number of anilines is 1. The first-order valence-electron chi connectivity index (χ1n) is 9.73. The second-order valence-electron chi connectivity index (χ2n) is 7.21. The fourth-order valence-electron chi connectivity index (χ4n) is 3.89. The molecule has 29 heavy (non-hydrogen) atoms. The first kappa shape index (κ1) is 19.6. The van der Waals surface area contributed by atoms with Crippen molar-refractivity contribution in [2.45, 2.75) is 18.5 Å². The average molecular weight is 409 g/mol. The average Bonchev–Trinajstić information content (AvgIpc) is 2.77. The molecule has 3 aromatic rings. The van der Waals surface area contributed by atoms with Gasteiger partial charge in [0.2, 0.25) is 0 Å². The first-order valence-corrected chi connectivity index (χ1v) is 10.1. The molecule has 0 amide bonds. The monoisotopic (exact) mass is 408 g/mol. The summed E-state index contributed by atoms with van der Waals surface area (Å²) in [7, 11) is 3.35. The summed E-state index contributed by atoms with van der Waals surface area (Å²) in [5.41, 5.74) is 4.77. The highest BCUT2D eigenvalue weighted by Crippen LogP contribution is 2.38. The van der Waals surface area contributed by atoms with Crippen LogP contribution in [-0.4, -0.2) is 26.8 Å². The van der Waals surface area contributed by atoms with Gasteiger partial charge in [-0.15, -0.1) is 0 Å². The van der Waals surface area contributed by atoms with Crippen LogP contribution in [0.4, 0.5) is 5.69 Å². The van der Waals surface area contributed by atoms with Crippen LogP contribution in [0.3, 0.4) is 0 Å². The quantitative estimate of drug-likeness (QED) is 0.597. The van der Waals surface area contributed by atoms with Crippen molar-refractivity contribution in [3.63, 3.8) is 0 Å². The molecule has 1 heterocycles. The van der Waals surface area contributed by atoms with Crippen LogP contribution in [0, 0.1) is 0 Å². The van der Waals surface area contributed by atoms with Gasteiger partial charge in [-0.25, -0.2) is 0 Å². The summed E-state index contributed by atoms with van der Waals surface area (Å²) in [5.74, 6) is 1.51. The fourth-order valence-corrected chi connectivity index (χ4v) is 4.02. The Bertz CT molecular complexity index is 961. The number of fused-ring (bicyclic) bond motifs is 1. The molecule has 0 bridgehead atoms. The summed E-state index contributed by atoms with van der Waals surface area (Å²) in [6.45, 7) is 0.821. The van der Waals surface area contributed by atoms with E-state index in [1.807, 2.05) is 30.3 Å². The van der Waals surface area contributed by atoms with Crippen molar-refractivity contribution < 1.29 is 9.47 Å². The van der Waals surface area contributed by atoms with Crippen molar-refractivity contribution in [2.75, 3.05) is 26.1 Å². The van der Waals surface area contributed by atoms with E-state index in [4.69, 9.17) is 21.1 Å². The maximum Gasteiger partial charge on any atom is 0.161 e. The Morgan fingerprint density at radius 3 is 2.34 bits per heavy atom. The van der Waals surface area contributed by atoms with Crippen molar-refractivity contribution in [2.24, 2.45) is 0 Å². The van der Waals surface area contributed by atoms with E-state index in [0.29, 0.717) is 0 Å². The van der Waals surface area contributed by atoms with Crippen LogP contribution in [0.1, 0.15) is 22.7 Å². The van der Waals surface area contributed by atoms with Gasteiger partial charge in [-0.3, -0.25) is 0 Å². The van der Waals surface area contributed by atoms with Crippen LogP contribution in [0.15, 0.2) is 66.7 Å². The van der Waals surface area contributed by atoms with Gasteiger partial charge < -0.3 is 20.1 Å². The van der Waals surface area contributed by atoms with E-state index in [-0.39, 0.29) is 12.1 Å². The highest BCUT2D eigenvalue weighted by atomic mass is 35.5. The number of nitrogens with one attached hydrogen (secondary N) is 2. The van der Waals surface area contributed by atoms with Gasteiger partial charge in [0.25, 0.3) is 0 Å². The Morgan fingerprint density at radius 2 is 1.66 bits per heavy atom. The molecule has 150 valence electrons. The second-order valence-corrected chi connectivity index (χ2v) is 7.64. The molecule has 0 aromatic heterocycles. The highest BCUT2D eigenvalue weighted by molar-refractivity contribution is 6.30. The van der Waals surface area contributed by atoms with Crippen molar-refractivity contribution in [1.29, 1.82) is 0 Å². The fraction of sp³-hybridized carbons (Fsp3) is 0.250. The Labute approximate surface area is 176 Å². The summed E-state index contributed by atoms with van der Waals surface area (Å²) in [5, 5.41) is 8.08. The summed E-state index contributed by atoms with van der Waals surface area (Å²) < 4.78 is 11.1. The van der Waals surface area contributed by atoms with E-state index in [9.17, 15) is 0 Å². The number of benzene rings is 3. The Morgan fingerprint density at radius 1 is 0.966 bits per heavy atom. The molecule has 2 atom stereocenters. The summed E-state index contributed by atoms with van der Waals surface area (Å²) in [6, 6.07) is 22.8. The van der Waals surface area contributed by atoms with E-state index >= 15 is 0 Å². The SMILES string of the molecule is COc1cc2c(cc1OC)[C@H](c1ccc(Cl)cc1)N[C@H](CNc1ccccc1)C2. The van der Waals surface area contributed by atoms with E-state index in [1.165, 1.54) is 16.7 Å². The third kappa shape index (κ3) is 4.34. The molecule has 4 rings (SSSR count). The molecule has 0 saturated carbocycles. The van der Waals surface area contributed by atoms with Crippen molar-refractivity contribution >= 4 is 17.3 Å². The van der Waals surface area contributed by atoms with E-state index in [2.05, 4.69) is 47.0 Å². The number of halogens is 1. The van der Waals surface area contributed by atoms with Gasteiger partial charge in [0.1, 0.15) is 0 Å². The molecule has 0 radical (unpaired) electrons. The van der Waals surface area contributed by atoms with E-state index < -0.39 is 0 Å². The number of rotatable bonds is 6. The maximum atomic E-state index is 6.12. The Kier molecular flexibility index (Phi) is 5.93. The molecule has 0 fully saturated rings. The lowest BCUT2D eigenvalue weighted by Crippen LogP contribution is -2.44. The molecule has 0 spiro atoms. The molecule has 0 saturated heterocycles. The number of methoxy groups -OCH3 is 2. The molecule has 4 nitrogen and oxygen atoms in total. The topological polar surface area (TPSA) is 42.5 Å². The molecule has 3 aromatic carbocycles. The minimum absolute atomic E-state index is 0.0541. The van der Waals surface area contributed by atoms with Gasteiger partial charge in [-0.05, 0) is 59.5 Å². The predicted molar refractivity (Wildman–Crippen MR) is 118 cm³/mol. The van der Waals surface area contributed by atoms with Gasteiger partial charge in [0.05, 0.1) is 20.3 Å². The molecule has 0 unspecified atom stereocenters. The van der Waals surface area contributed by atoms with Gasteiger partial charge in [-0.1, -0.05) is 41.9 Å². The number of ether oxygens (including phenoxy) is 2. The lowest BCUT2D eigenvalue weighted by molar-refractivity contribution is 0.351. The normalized spacial score (nSPS) is 18.0. The summed E-state index contributed by atoms with van der Waals surface area (Å²) >= 11 is 6.12. The van der Waals surface area contributed by atoms with Crippen LogP contribution in [0.25, 0.3) is 0 Å². The minimum atomic E-state index is 0.0541. The van der Waals surface area contributed by atoms with E-state index in [0.717, 1.165) is 35.2 Å².